The highest BCUT2D eigenvalue weighted by Gasteiger charge is 2.52. The molecule has 146 valence electrons. The van der Waals surface area contributed by atoms with Gasteiger partial charge in [0.2, 0.25) is 5.91 Å². The highest BCUT2D eigenvalue weighted by molar-refractivity contribution is 5.85. The summed E-state index contributed by atoms with van der Waals surface area (Å²) >= 11 is 0. The summed E-state index contributed by atoms with van der Waals surface area (Å²) in [6.07, 6.45) is 8.09. The monoisotopic (exact) mass is 372 g/mol. The third kappa shape index (κ3) is 4.33. The molecule has 4 atom stereocenters. The van der Waals surface area contributed by atoms with E-state index >= 15 is 0 Å². The van der Waals surface area contributed by atoms with Crippen LogP contribution < -0.4 is 5.32 Å². The van der Waals surface area contributed by atoms with E-state index in [1.54, 1.807) is 0 Å². The van der Waals surface area contributed by atoms with Crippen molar-refractivity contribution in [3.63, 3.8) is 0 Å². The standard InChI is InChI=1S/C20H36N2O2.ClH/c1-5-9-22(17-13-18(24-6-2)20(17,3)4)19(23)12-14-10-15-7-8-16(11-14)21-15;/h14-18,21H,5-13H2,1-4H3;1H. The molecule has 3 fully saturated rings. The van der Waals surface area contributed by atoms with Crippen LogP contribution in [0.3, 0.4) is 0 Å². The number of nitrogens with one attached hydrogen (secondary N) is 1. The molecular formula is C20H37ClN2O2. The Kier molecular flexibility index (Phi) is 7.20. The van der Waals surface area contributed by atoms with E-state index in [0.717, 1.165) is 32.4 Å². The summed E-state index contributed by atoms with van der Waals surface area (Å²) in [5.74, 6) is 0.970. The quantitative estimate of drug-likeness (QED) is 0.739. The Morgan fingerprint density at radius 2 is 1.80 bits per heavy atom. The zero-order chi connectivity index (χ0) is 17.3. The first kappa shape index (κ1) is 21.0. The van der Waals surface area contributed by atoms with Crippen LogP contribution in [0.4, 0.5) is 0 Å². The highest BCUT2D eigenvalue weighted by atomic mass is 35.5. The van der Waals surface area contributed by atoms with Crippen molar-refractivity contribution in [3.05, 3.63) is 0 Å². The van der Waals surface area contributed by atoms with Crippen LogP contribution in [0.2, 0.25) is 0 Å². The summed E-state index contributed by atoms with van der Waals surface area (Å²) < 4.78 is 5.87. The number of carbonyl (C=O) groups excluding carboxylic acids is 1. The molecule has 1 N–H and O–H groups in total. The lowest BCUT2D eigenvalue weighted by molar-refractivity contribution is -0.168. The van der Waals surface area contributed by atoms with Crippen molar-refractivity contribution in [2.75, 3.05) is 13.2 Å². The summed E-state index contributed by atoms with van der Waals surface area (Å²) in [6.45, 7) is 10.4. The molecule has 2 heterocycles. The van der Waals surface area contributed by atoms with Gasteiger partial charge in [0.1, 0.15) is 0 Å². The fourth-order valence-corrected chi connectivity index (χ4v) is 5.28. The van der Waals surface area contributed by atoms with Gasteiger partial charge >= 0.3 is 0 Å². The zero-order valence-corrected chi connectivity index (χ0v) is 17.2. The lowest BCUT2D eigenvalue weighted by Gasteiger charge is -2.56. The number of piperidine rings is 1. The van der Waals surface area contributed by atoms with E-state index in [0.29, 0.717) is 36.1 Å². The number of nitrogens with zero attached hydrogens (tertiary/aromatic N) is 1. The second kappa shape index (κ2) is 8.58. The van der Waals surface area contributed by atoms with Crippen LogP contribution in [-0.2, 0) is 9.53 Å². The molecule has 0 radical (unpaired) electrons. The maximum Gasteiger partial charge on any atom is 0.223 e. The number of rotatable bonds is 7. The number of amides is 1. The van der Waals surface area contributed by atoms with E-state index in [4.69, 9.17) is 4.74 Å². The van der Waals surface area contributed by atoms with E-state index in [9.17, 15) is 4.79 Å². The molecule has 5 heteroatoms. The molecule has 25 heavy (non-hydrogen) atoms. The van der Waals surface area contributed by atoms with Crippen LogP contribution in [0, 0.1) is 11.3 Å². The molecule has 3 rings (SSSR count). The molecule has 2 bridgehead atoms. The van der Waals surface area contributed by atoms with E-state index in [1.807, 2.05) is 0 Å². The Labute approximate surface area is 159 Å². The van der Waals surface area contributed by atoms with Gasteiger partial charge < -0.3 is 15.0 Å². The van der Waals surface area contributed by atoms with Gasteiger partial charge in [-0.2, -0.15) is 0 Å². The topological polar surface area (TPSA) is 41.6 Å². The summed E-state index contributed by atoms with van der Waals surface area (Å²) in [4.78, 5) is 15.3. The fourth-order valence-electron chi connectivity index (χ4n) is 5.28. The lowest BCUT2D eigenvalue weighted by atomic mass is 9.63. The minimum atomic E-state index is 0. The molecule has 4 nitrogen and oxygen atoms in total. The van der Waals surface area contributed by atoms with Crippen molar-refractivity contribution >= 4 is 18.3 Å². The largest absolute Gasteiger partial charge is 0.378 e. The van der Waals surface area contributed by atoms with Crippen molar-refractivity contribution in [1.82, 2.24) is 10.2 Å². The number of ether oxygens (including phenoxy) is 1. The predicted molar refractivity (Wildman–Crippen MR) is 104 cm³/mol. The van der Waals surface area contributed by atoms with E-state index in [1.165, 1.54) is 25.7 Å². The fraction of sp³-hybridized carbons (Fsp3) is 0.950. The molecule has 0 aromatic rings. The van der Waals surface area contributed by atoms with Gasteiger partial charge in [-0.3, -0.25) is 4.79 Å². The van der Waals surface area contributed by atoms with Crippen LogP contribution in [0.15, 0.2) is 0 Å². The molecule has 0 spiro atoms. The highest BCUT2D eigenvalue weighted by Crippen LogP contribution is 2.46. The third-order valence-electron chi connectivity index (χ3n) is 6.69. The lowest BCUT2D eigenvalue weighted by Crippen LogP contribution is -2.63. The molecule has 1 saturated carbocycles. The van der Waals surface area contributed by atoms with Crippen LogP contribution in [0.1, 0.15) is 72.6 Å². The summed E-state index contributed by atoms with van der Waals surface area (Å²) in [5.41, 5.74) is 0.0774. The molecule has 1 aliphatic carbocycles. The maximum absolute atomic E-state index is 13.1. The van der Waals surface area contributed by atoms with Gasteiger partial charge in [0, 0.05) is 43.1 Å². The molecule has 0 aromatic carbocycles. The van der Waals surface area contributed by atoms with Gasteiger partial charge in [-0.1, -0.05) is 20.8 Å². The molecule has 2 saturated heterocycles. The van der Waals surface area contributed by atoms with Crippen molar-refractivity contribution in [2.45, 2.75) is 96.9 Å². The Morgan fingerprint density at radius 3 is 2.32 bits per heavy atom. The van der Waals surface area contributed by atoms with Crippen molar-refractivity contribution in [3.8, 4) is 0 Å². The van der Waals surface area contributed by atoms with Crippen molar-refractivity contribution in [2.24, 2.45) is 11.3 Å². The van der Waals surface area contributed by atoms with Gasteiger partial charge in [-0.15, -0.1) is 12.4 Å². The first-order chi connectivity index (χ1) is 11.5. The molecule has 4 unspecified atom stereocenters. The Bertz CT molecular complexity index is 445. The second-order valence-electron chi connectivity index (χ2n) is 8.78. The van der Waals surface area contributed by atoms with Crippen LogP contribution in [0.25, 0.3) is 0 Å². The van der Waals surface area contributed by atoms with E-state index in [2.05, 4.69) is 37.9 Å². The number of hydrogen-bond donors (Lipinski definition) is 1. The van der Waals surface area contributed by atoms with Gasteiger partial charge in [0.05, 0.1) is 6.10 Å². The van der Waals surface area contributed by atoms with Gasteiger partial charge in [0.15, 0.2) is 0 Å². The minimum absolute atomic E-state index is 0. The molecule has 1 amide bonds. The number of fused-ring (bicyclic) bond motifs is 2. The van der Waals surface area contributed by atoms with Crippen LogP contribution >= 0.6 is 12.4 Å². The van der Waals surface area contributed by atoms with Crippen molar-refractivity contribution < 1.29 is 9.53 Å². The maximum atomic E-state index is 13.1. The number of carbonyl (C=O) groups is 1. The Balaban J connectivity index is 0.00000225. The number of halogens is 1. The molecular weight excluding hydrogens is 336 g/mol. The SMILES string of the molecule is CCCN(C(=O)CC1CC2CCC(C1)N2)C1CC(OCC)C1(C)C.Cl. The summed E-state index contributed by atoms with van der Waals surface area (Å²) in [5, 5.41) is 3.68. The zero-order valence-electron chi connectivity index (χ0n) is 16.4. The van der Waals surface area contributed by atoms with Crippen molar-refractivity contribution in [1.29, 1.82) is 0 Å². The minimum Gasteiger partial charge on any atom is -0.378 e. The summed E-state index contributed by atoms with van der Waals surface area (Å²) in [6, 6.07) is 1.69. The second-order valence-corrected chi connectivity index (χ2v) is 8.78. The average Bonchev–Trinajstić information content (AvgIpc) is 2.88. The van der Waals surface area contributed by atoms with Crippen LogP contribution in [0.5, 0.6) is 0 Å². The van der Waals surface area contributed by atoms with Gasteiger partial charge in [-0.25, -0.2) is 0 Å². The Morgan fingerprint density at radius 1 is 1.16 bits per heavy atom. The van der Waals surface area contributed by atoms with E-state index < -0.39 is 0 Å². The van der Waals surface area contributed by atoms with Crippen LogP contribution in [-0.4, -0.2) is 48.2 Å². The average molecular weight is 373 g/mol. The first-order valence-corrected chi connectivity index (χ1v) is 10.1. The van der Waals surface area contributed by atoms with Gasteiger partial charge in [-0.05, 0) is 51.4 Å². The predicted octanol–water partition coefficient (Wildman–Crippen LogP) is 3.77. The molecule has 2 aliphatic heterocycles. The smallest absolute Gasteiger partial charge is 0.223 e. The Hall–Kier alpha value is -0.320. The number of hydrogen-bond acceptors (Lipinski definition) is 3. The third-order valence-corrected chi connectivity index (χ3v) is 6.69. The van der Waals surface area contributed by atoms with Gasteiger partial charge in [0.25, 0.3) is 0 Å². The molecule has 0 aromatic heterocycles. The normalized spacial score (nSPS) is 35.6. The first-order valence-electron chi connectivity index (χ1n) is 10.1. The molecule has 3 aliphatic rings. The van der Waals surface area contributed by atoms with E-state index in [-0.39, 0.29) is 17.8 Å². The summed E-state index contributed by atoms with van der Waals surface area (Å²) in [7, 11) is 0.